The largest absolute Gasteiger partial charge is 0.490 e. The number of carbonyl (C=O) groups excluding carboxylic acids is 2. The number of rotatable bonds is 7. The van der Waals surface area contributed by atoms with Gasteiger partial charge in [-0.1, -0.05) is 17.4 Å². The summed E-state index contributed by atoms with van der Waals surface area (Å²) in [6.45, 7) is 5.81. The first kappa shape index (κ1) is 21.8. The Labute approximate surface area is 190 Å². The molecule has 9 heteroatoms. The average molecular weight is 453 g/mol. The lowest BCUT2D eigenvalue weighted by Crippen LogP contribution is -2.35. The fourth-order valence-corrected chi connectivity index (χ4v) is 4.47. The van der Waals surface area contributed by atoms with Crippen LogP contribution < -0.4 is 14.8 Å². The quantitative estimate of drug-likeness (QED) is 0.586. The van der Waals surface area contributed by atoms with E-state index in [1.165, 1.54) is 11.3 Å². The number of anilines is 1. The Hall–Kier alpha value is -3.46. The molecular formula is C23H24N4O4S. The highest BCUT2D eigenvalue weighted by molar-refractivity contribution is 7.15. The van der Waals surface area contributed by atoms with E-state index < -0.39 is 0 Å². The van der Waals surface area contributed by atoms with Crippen LogP contribution in [0.5, 0.6) is 11.5 Å². The topological polar surface area (TPSA) is 93.7 Å². The van der Waals surface area contributed by atoms with E-state index in [9.17, 15) is 9.59 Å². The summed E-state index contributed by atoms with van der Waals surface area (Å²) >= 11 is 1.39. The van der Waals surface area contributed by atoms with Gasteiger partial charge in [-0.25, -0.2) is 4.98 Å². The second-order valence-electron chi connectivity index (χ2n) is 7.06. The molecule has 1 aliphatic heterocycles. The zero-order valence-electron chi connectivity index (χ0n) is 18.0. The summed E-state index contributed by atoms with van der Waals surface area (Å²) in [5, 5.41) is 3.32. The molecule has 0 spiro atoms. The van der Waals surface area contributed by atoms with Crippen molar-refractivity contribution in [2.75, 3.05) is 25.1 Å². The van der Waals surface area contributed by atoms with Gasteiger partial charge in [-0.2, -0.15) is 0 Å². The number of thiazole rings is 1. The van der Waals surface area contributed by atoms with Crippen LogP contribution in [0.1, 0.15) is 45.3 Å². The number of nitrogens with zero attached hydrogens (tertiary/aromatic N) is 3. The predicted octanol–water partition coefficient (Wildman–Crippen LogP) is 3.79. The molecule has 0 radical (unpaired) electrons. The van der Waals surface area contributed by atoms with Gasteiger partial charge in [0, 0.05) is 29.6 Å². The highest BCUT2D eigenvalue weighted by atomic mass is 32.1. The lowest BCUT2D eigenvalue weighted by atomic mass is 10.1. The highest BCUT2D eigenvalue weighted by Gasteiger charge is 2.26. The Bertz CT molecular complexity index is 1120. The molecule has 166 valence electrons. The summed E-state index contributed by atoms with van der Waals surface area (Å²) in [6, 6.07) is 10.4. The van der Waals surface area contributed by atoms with Crippen molar-refractivity contribution in [3.8, 4) is 11.5 Å². The number of aromatic nitrogens is 2. The maximum atomic E-state index is 13.1. The van der Waals surface area contributed by atoms with Crippen molar-refractivity contribution in [2.45, 2.75) is 26.8 Å². The fourth-order valence-electron chi connectivity index (χ4n) is 3.45. The number of hydrogen-bond donors (Lipinski definition) is 1. The summed E-state index contributed by atoms with van der Waals surface area (Å²) in [6.07, 6.45) is 2.20. The van der Waals surface area contributed by atoms with Crippen molar-refractivity contribution in [3.63, 3.8) is 0 Å². The van der Waals surface area contributed by atoms with E-state index in [0.29, 0.717) is 60.6 Å². The Morgan fingerprint density at radius 3 is 2.69 bits per heavy atom. The zero-order chi connectivity index (χ0) is 22.5. The fraction of sp³-hybridized carbons (Fsp3) is 0.304. The molecule has 0 saturated carbocycles. The van der Waals surface area contributed by atoms with Crippen LogP contribution in [-0.2, 0) is 13.0 Å². The molecule has 0 saturated heterocycles. The summed E-state index contributed by atoms with van der Waals surface area (Å²) < 4.78 is 11.2. The monoisotopic (exact) mass is 452 g/mol. The van der Waals surface area contributed by atoms with Gasteiger partial charge in [0.1, 0.15) is 5.69 Å². The van der Waals surface area contributed by atoms with E-state index in [1.807, 2.05) is 13.8 Å². The third kappa shape index (κ3) is 4.72. The van der Waals surface area contributed by atoms with Crippen LogP contribution >= 0.6 is 11.3 Å². The SMILES string of the molecule is CCOc1ccc(C(=O)N2CCc3nc(NC(=O)c4ccccn4)sc3C2)cc1OCC. The molecule has 1 aromatic carbocycles. The molecule has 1 N–H and O–H groups in total. The number of ether oxygens (including phenoxy) is 2. The molecule has 4 rings (SSSR count). The van der Waals surface area contributed by atoms with Gasteiger partial charge in [0.25, 0.3) is 11.8 Å². The zero-order valence-corrected chi connectivity index (χ0v) is 18.8. The van der Waals surface area contributed by atoms with E-state index in [2.05, 4.69) is 15.3 Å². The first-order valence-electron chi connectivity index (χ1n) is 10.5. The molecule has 3 aromatic rings. The molecule has 1 aliphatic rings. The number of nitrogens with one attached hydrogen (secondary N) is 1. The molecule has 0 fully saturated rings. The van der Waals surface area contributed by atoms with E-state index in [1.54, 1.807) is 47.5 Å². The van der Waals surface area contributed by atoms with Crippen LogP contribution in [0.3, 0.4) is 0 Å². The van der Waals surface area contributed by atoms with Gasteiger partial charge in [0.15, 0.2) is 16.6 Å². The molecule has 2 amide bonds. The Balaban J connectivity index is 1.47. The minimum Gasteiger partial charge on any atom is -0.490 e. The molecule has 0 unspecified atom stereocenters. The average Bonchev–Trinajstić information content (AvgIpc) is 3.22. The van der Waals surface area contributed by atoms with Crippen LogP contribution in [0.2, 0.25) is 0 Å². The number of amides is 2. The molecule has 0 atom stereocenters. The Morgan fingerprint density at radius 2 is 1.94 bits per heavy atom. The van der Waals surface area contributed by atoms with Crippen molar-refractivity contribution in [2.24, 2.45) is 0 Å². The van der Waals surface area contributed by atoms with Crippen LogP contribution in [0.4, 0.5) is 5.13 Å². The van der Waals surface area contributed by atoms with Gasteiger partial charge in [-0.05, 0) is 44.2 Å². The maximum absolute atomic E-state index is 13.1. The normalized spacial score (nSPS) is 12.8. The number of pyridine rings is 1. The lowest BCUT2D eigenvalue weighted by Gasteiger charge is -2.26. The third-order valence-electron chi connectivity index (χ3n) is 4.93. The number of hydrogen-bond acceptors (Lipinski definition) is 7. The van der Waals surface area contributed by atoms with Gasteiger partial charge in [0.2, 0.25) is 0 Å². The second kappa shape index (κ2) is 9.78. The Morgan fingerprint density at radius 1 is 1.12 bits per heavy atom. The summed E-state index contributed by atoms with van der Waals surface area (Å²) in [4.78, 5) is 36.8. The minimum absolute atomic E-state index is 0.0767. The van der Waals surface area contributed by atoms with Crippen molar-refractivity contribution < 1.29 is 19.1 Å². The van der Waals surface area contributed by atoms with Gasteiger partial charge in [-0.3, -0.25) is 19.9 Å². The predicted molar refractivity (Wildman–Crippen MR) is 122 cm³/mol. The number of fused-ring (bicyclic) bond motifs is 1. The van der Waals surface area contributed by atoms with E-state index in [-0.39, 0.29) is 11.8 Å². The second-order valence-corrected chi connectivity index (χ2v) is 8.15. The molecule has 3 heterocycles. The summed E-state index contributed by atoms with van der Waals surface area (Å²) in [5.74, 6) is 0.812. The highest BCUT2D eigenvalue weighted by Crippen LogP contribution is 2.32. The van der Waals surface area contributed by atoms with Gasteiger partial charge < -0.3 is 14.4 Å². The van der Waals surface area contributed by atoms with E-state index in [4.69, 9.17) is 9.47 Å². The van der Waals surface area contributed by atoms with E-state index >= 15 is 0 Å². The van der Waals surface area contributed by atoms with Gasteiger partial charge in [-0.15, -0.1) is 0 Å². The molecular weight excluding hydrogens is 428 g/mol. The van der Waals surface area contributed by atoms with Crippen molar-refractivity contribution in [3.05, 3.63) is 64.4 Å². The smallest absolute Gasteiger partial charge is 0.276 e. The van der Waals surface area contributed by atoms with Crippen molar-refractivity contribution in [1.82, 2.24) is 14.9 Å². The molecule has 8 nitrogen and oxygen atoms in total. The number of carbonyl (C=O) groups is 2. The number of benzene rings is 1. The summed E-state index contributed by atoms with van der Waals surface area (Å²) in [5.41, 5.74) is 1.80. The van der Waals surface area contributed by atoms with Crippen molar-refractivity contribution >= 4 is 28.3 Å². The van der Waals surface area contributed by atoms with Crippen LogP contribution in [0.15, 0.2) is 42.6 Å². The Kier molecular flexibility index (Phi) is 6.65. The van der Waals surface area contributed by atoms with Crippen LogP contribution in [0, 0.1) is 0 Å². The molecule has 0 bridgehead atoms. The first-order chi connectivity index (χ1) is 15.6. The van der Waals surface area contributed by atoms with Crippen LogP contribution in [0.25, 0.3) is 0 Å². The third-order valence-corrected chi connectivity index (χ3v) is 5.92. The molecule has 0 aliphatic carbocycles. The summed E-state index contributed by atoms with van der Waals surface area (Å²) in [7, 11) is 0. The van der Waals surface area contributed by atoms with Crippen LogP contribution in [-0.4, -0.2) is 46.4 Å². The van der Waals surface area contributed by atoms with Gasteiger partial charge >= 0.3 is 0 Å². The van der Waals surface area contributed by atoms with Crippen molar-refractivity contribution in [1.29, 1.82) is 0 Å². The minimum atomic E-state index is -0.303. The first-order valence-corrected chi connectivity index (χ1v) is 11.3. The molecule has 32 heavy (non-hydrogen) atoms. The van der Waals surface area contributed by atoms with E-state index in [0.717, 1.165) is 10.6 Å². The maximum Gasteiger partial charge on any atom is 0.276 e. The lowest BCUT2D eigenvalue weighted by molar-refractivity contribution is 0.0735. The standard InChI is InChI=1S/C23H24N4O4S/c1-3-30-18-9-8-15(13-19(18)31-4-2)22(29)27-12-10-16-20(14-27)32-23(25-16)26-21(28)17-7-5-6-11-24-17/h5-9,11,13H,3-4,10,12,14H2,1-2H3,(H,25,26,28). The van der Waals surface area contributed by atoms with Gasteiger partial charge in [0.05, 0.1) is 25.5 Å². The molecule has 2 aromatic heterocycles.